The average Bonchev–Trinajstić information content (AvgIpc) is 2.36. The third-order valence-electron chi connectivity index (χ3n) is 3.78. The molecule has 2 aliphatic rings. The number of methoxy groups -OCH3 is 1. The highest BCUT2D eigenvalue weighted by Crippen LogP contribution is 2.39. The molecule has 4 bridgehead atoms. The molecular formula is C15H19NO3. The van der Waals surface area contributed by atoms with Crippen LogP contribution in [0.15, 0.2) is 12.1 Å². The van der Waals surface area contributed by atoms with Crippen LogP contribution in [0.2, 0.25) is 0 Å². The number of ether oxygens (including phenoxy) is 2. The number of fused-ring (bicyclic) bond motifs is 1. The van der Waals surface area contributed by atoms with Crippen molar-refractivity contribution in [2.24, 2.45) is 0 Å². The maximum Gasteiger partial charge on any atom is 0.169 e. The highest BCUT2D eigenvalue weighted by atomic mass is 16.5. The number of rotatable bonds is 1. The number of hydrogen-bond acceptors (Lipinski definition) is 4. The smallest absolute Gasteiger partial charge is 0.169 e. The van der Waals surface area contributed by atoms with Crippen molar-refractivity contribution < 1.29 is 14.6 Å². The molecule has 19 heavy (non-hydrogen) atoms. The van der Waals surface area contributed by atoms with Crippen molar-refractivity contribution in [1.82, 2.24) is 5.32 Å². The summed E-state index contributed by atoms with van der Waals surface area (Å²) in [5.74, 6) is 1.57. The highest BCUT2D eigenvalue weighted by Gasteiger charge is 2.26. The molecule has 4 heteroatoms. The minimum atomic E-state index is -0.461. The Morgan fingerprint density at radius 3 is 3.11 bits per heavy atom. The third-order valence-corrected chi connectivity index (χ3v) is 3.78. The molecule has 1 aromatic rings. The molecule has 0 spiro atoms. The Bertz CT molecular complexity index is 525. The van der Waals surface area contributed by atoms with E-state index in [-0.39, 0.29) is 6.10 Å². The second-order valence-electron chi connectivity index (χ2n) is 5.15. The van der Waals surface area contributed by atoms with E-state index in [1.54, 1.807) is 7.11 Å². The fourth-order valence-electron chi connectivity index (χ4n) is 2.77. The molecule has 4 nitrogen and oxygen atoms in total. The molecule has 0 aliphatic carbocycles. The van der Waals surface area contributed by atoms with Gasteiger partial charge in [-0.05, 0) is 24.1 Å². The van der Waals surface area contributed by atoms with Crippen molar-refractivity contribution >= 4 is 6.08 Å². The zero-order valence-electron chi connectivity index (χ0n) is 11.3. The maximum atomic E-state index is 9.93. The van der Waals surface area contributed by atoms with E-state index in [4.69, 9.17) is 9.47 Å². The van der Waals surface area contributed by atoms with Crippen molar-refractivity contribution in [2.45, 2.75) is 32.1 Å². The van der Waals surface area contributed by atoms with Crippen LogP contribution in [-0.4, -0.2) is 31.0 Å². The molecule has 0 saturated carbocycles. The lowest BCUT2D eigenvalue weighted by molar-refractivity contribution is 0.113. The summed E-state index contributed by atoms with van der Waals surface area (Å²) in [6.45, 7) is 3.62. The molecule has 3 rings (SSSR count). The first-order valence-electron chi connectivity index (χ1n) is 6.63. The number of benzene rings is 1. The molecule has 2 heterocycles. The Morgan fingerprint density at radius 2 is 2.32 bits per heavy atom. The molecule has 0 amide bonds. The molecule has 1 aromatic carbocycles. The van der Waals surface area contributed by atoms with Gasteiger partial charge in [0.2, 0.25) is 0 Å². The largest absolute Gasteiger partial charge is 0.493 e. The summed E-state index contributed by atoms with van der Waals surface area (Å²) in [5.41, 5.74) is 3.40. The van der Waals surface area contributed by atoms with Gasteiger partial charge in [-0.15, -0.1) is 0 Å². The highest BCUT2D eigenvalue weighted by molar-refractivity contribution is 5.68. The zero-order chi connectivity index (χ0) is 13.4. The minimum Gasteiger partial charge on any atom is -0.493 e. The van der Waals surface area contributed by atoms with Crippen LogP contribution < -0.4 is 14.8 Å². The van der Waals surface area contributed by atoms with Crippen LogP contribution >= 0.6 is 0 Å². The summed E-state index contributed by atoms with van der Waals surface area (Å²) in [5, 5.41) is 13.3. The van der Waals surface area contributed by atoms with Crippen LogP contribution in [0.1, 0.15) is 23.1 Å². The third kappa shape index (κ3) is 2.22. The van der Waals surface area contributed by atoms with Crippen molar-refractivity contribution in [3.63, 3.8) is 0 Å². The molecule has 0 saturated heterocycles. The Balaban J connectivity index is 2.23. The van der Waals surface area contributed by atoms with Gasteiger partial charge in [-0.25, -0.2) is 0 Å². The predicted octanol–water partition coefficient (Wildman–Crippen LogP) is 1.63. The summed E-state index contributed by atoms with van der Waals surface area (Å²) < 4.78 is 11.5. The van der Waals surface area contributed by atoms with Crippen molar-refractivity contribution in [3.8, 4) is 11.5 Å². The van der Waals surface area contributed by atoms with Crippen molar-refractivity contribution in [1.29, 1.82) is 0 Å². The summed E-state index contributed by atoms with van der Waals surface area (Å²) in [6.07, 6.45) is 3.90. The minimum absolute atomic E-state index is 0.0385. The fourth-order valence-corrected chi connectivity index (χ4v) is 2.77. The van der Waals surface area contributed by atoms with Gasteiger partial charge in [-0.2, -0.15) is 0 Å². The summed E-state index contributed by atoms with van der Waals surface area (Å²) in [6, 6.07) is 2.02. The Kier molecular flexibility index (Phi) is 3.21. The molecule has 2 atom stereocenters. The van der Waals surface area contributed by atoms with Crippen LogP contribution in [0.3, 0.4) is 0 Å². The first-order valence-corrected chi connectivity index (χ1v) is 6.63. The van der Waals surface area contributed by atoms with Crippen LogP contribution in [0.4, 0.5) is 0 Å². The zero-order valence-corrected chi connectivity index (χ0v) is 11.3. The molecule has 1 unspecified atom stereocenters. The average molecular weight is 261 g/mol. The van der Waals surface area contributed by atoms with Gasteiger partial charge in [-0.3, -0.25) is 0 Å². The first kappa shape index (κ1) is 12.5. The van der Waals surface area contributed by atoms with Gasteiger partial charge in [-0.1, -0.05) is 12.2 Å². The van der Waals surface area contributed by atoms with E-state index in [9.17, 15) is 5.11 Å². The van der Waals surface area contributed by atoms with E-state index in [0.717, 1.165) is 30.2 Å². The van der Waals surface area contributed by atoms with Gasteiger partial charge < -0.3 is 19.9 Å². The monoisotopic (exact) mass is 261 g/mol. The second-order valence-corrected chi connectivity index (χ2v) is 5.15. The van der Waals surface area contributed by atoms with E-state index in [1.165, 1.54) is 11.1 Å². The molecule has 0 radical (unpaired) electrons. The summed E-state index contributed by atoms with van der Waals surface area (Å²) in [7, 11) is 1.66. The van der Waals surface area contributed by atoms with Crippen molar-refractivity contribution in [3.05, 3.63) is 28.8 Å². The normalized spacial score (nSPS) is 26.7. The fraction of sp³-hybridized carbons (Fsp3) is 0.467. The summed E-state index contributed by atoms with van der Waals surface area (Å²) in [4.78, 5) is 0. The van der Waals surface area contributed by atoms with Gasteiger partial charge in [0, 0.05) is 25.1 Å². The van der Waals surface area contributed by atoms with Crippen LogP contribution in [0.5, 0.6) is 11.5 Å². The molecule has 0 aromatic heterocycles. The van der Waals surface area contributed by atoms with E-state index < -0.39 is 6.10 Å². The number of nitrogens with one attached hydrogen (secondary N) is 1. The Morgan fingerprint density at radius 1 is 1.47 bits per heavy atom. The number of aliphatic hydroxyl groups is 1. The van der Waals surface area contributed by atoms with Gasteiger partial charge in [0.05, 0.1) is 13.2 Å². The standard InChI is InChI=1S/C15H19NO3/c1-9-5-14(18-2)15-12-4-3-10(17)6-11(19-15)7-16-8-13(9)12/h3-5,10-11,16-17H,6-8H2,1-2H3/b4-3-/t10-,11?/m0/s1. The first-order chi connectivity index (χ1) is 9.19. The topological polar surface area (TPSA) is 50.7 Å². The van der Waals surface area contributed by atoms with Gasteiger partial charge in [0.25, 0.3) is 0 Å². The van der Waals surface area contributed by atoms with E-state index in [0.29, 0.717) is 6.42 Å². The number of hydrogen-bond donors (Lipinski definition) is 2. The molecule has 0 fully saturated rings. The molecular weight excluding hydrogens is 242 g/mol. The van der Waals surface area contributed by atoms with E-state index >= 15 is 0 Å². The molecule has 102 valence electrons. The number of aryl methyl sites for hydroxylation is 1. The SMILES string of the molecule is COc1cc(C)c2c3c1OC(CNC2)C[C@@H](O)/C=C\3. The van der Waals surface area contributed by atoms with Crippen LogP contribution in [0, 0.1) is 6.92 Å². The second kappa shape index (κ2) is 4.87. The quantitative estimate of drug-likeness (QED) is 0.807. The lowest BCUT2D eigenvalue weighted by Gasteiger charge is -2.30. The summed E-state index contributed by atoms with van der Waals surface area (Å²) >= 11 is 0. The maximum absolute atomic E-state index is 9.93. The lowest BCUT2D eigenvalue weighted by atomic mass is 9.95. The van der Waals surface area contributed by atoms with Gasteiger partial charge in [0.15, 0.2) is 11.5 Å². The Labute approximate surface area is 113 Å². The lowest BCUT2D eigenvalue weighted by Crippen LogP contribution is -2.36. The molecule has 2 N–H and O–H groups in total. The van der Waals surface area contributed by atoms with E-state index in [2.05, 4.69) is 12.2 Å². The van der Waals surface area contributed by atoms with Crippen LogP contribution in [0.25, 0.3) is 6.08 Å². The van der Waals surface area contributed by atoms with Crippen molar-refractivity contribution in [2.75, 3.05) is 13.7 Å². The van der Waals surface area contributed by atoms with E-state index in [1.807, 2.05) is 18.2 Å². The van der Waals surface area contributed by atoms with Gasteiger partial charge in [0.1, 0.15) is 6.10 Å². The van der Waals surface area contributed by atoms with Gasteiger partial charge >= 0.3 is 0 Å². The predicted molar refractivity (Wildman–Crippen MR) is 73.5 cm³/mol. The Hall–Kier alpha value is -1.52. The number of aliphatic hydroxyl groups excluding tert-OH is 1. The molecule has 2 aliphatic heterocycles. The van der Waals surface area contributed by atoms with Crippen LogP contribution in [-0.2, 0) is 6.54 Å².